The van der Waals surface area contributed by atoms with Gasteiger partial charge in [0.05, 0.1) is 17.2 Å². The summed E-state index contributed by atoms with van der Waals surface area (Å²) in [6.07, 6.45) is 0.915. The summed E-state index contributed by atoms with van der Waals surface area (Å²) in [5.74, 6) is -0.779. The Labute approximate surface area is 129 Å². The van der Waals surface area contributed by atoms with Crippen molar-refractivity contribution in [2.45, 2.75) is 26.4 Å². The Morgan fingerprint density at radius 3 is 2.27 bits per heavy atom. The fraction of sp³-hybridized carbons (Fsp3) is 0.222. The van der Waals surface area contributed by atoms with Crippen molar-refractivity contribution in [2.24, 2.45) is 0 Å². The minimum absolute atomic E-state index is 0.0530. The molecule has 0 spiro atoms. The number of benzene rings is 2. The summed E-state index contributed by atoms with van der Waals surface area (Å²) in [7, 11) is 0. The van der Waals surface area contributed by atoms with Gasteiger partial charge in [0.15, 0.2) is 0 Å². The van der Waals surface area contributed by atoms with E-state index in [0.29, 0.717) is 11.3 Å². The predicted molar refractivity (Wildman–Crippen MR) is 83.0 cm³/mol. The van der Waals surface area contributed by atoms with Crippen LogP contribution in [0, 0.1) is 0 Å². The molecule has 0 saturated heterocycles. The highest BCUT2D eigenvalue weighted by Gasteiger charge is 2.15. The highest BCUT2D eigenvalue weighted by molar-refractivity contribution is 6.02. The van der Waals surface area contributed by atoms with Crippen LogP contribution in [0.15, 0.2) is 54.6 Å². The van der Waals surface area contributed by atoms with Gasteiger partial charge in [-0.3, -0.25) is 0 Å². The quantitative estimate of drug-likeness (QED) is 0.621. The molecule has 22 heavy (non-hydrogen) atoms. The normalized spacial score (nSPS) is 11.5. The minimum atomic E-state index is -0.691. The van der Waals surface area contributed by atoms with Crippen molar-refractivity contribution < 1.29 is 19.1 Å². The molecule has 2 aromatic carbocycles. The molecular weight excluding hydrogens is 280 g/mol. The van der Waals surface area contributed by atoms with E-state index in [0.717, 1.165) is 6.42 Å². The van der Waals surface area contributed by atoms with Crippen LogP contribution in [0.25, 0.3) is 0 Å². The maximum Gasteiger partial charge on any atom is 0.346 e. The van der Waals surface area contributed by atoms with Crippen molar-refractivity contribution in [3.05, 3.63) is 65.7 Å². The molecular formula is C18H18O4. The number of esters is 2. The van der Waals surface area contributed by atoms with Crippen LogP contribution in [-0.4, -0.2) is 18.0 Å². The van der Waals surface area contributed by atoms with Crippen LogP contribution in [0.5, 0.6) is 5.75 Å². The second-order valence-electron chi connectivity index (χ2n) is 4.91. The molecule has 0 amide bonds. The SMILES string of the molecule is CCC(C)Oc1cccc(C(=O)OC(=O)c2ccccc2)c1. The van der Waals surface area contributed by atoms with Gasteiger partial charge in [0, 0.05) is 0 Å². The lowest BCUT2D eigenvalue weighted by Crippen LogP contribution is -2.14. The zero-order chi connectivity index (χ0) is 15.9. The first-order valence-corrected chi connectivity index (χ1v) is 7.18. The summed E-state index contributed by atoms with van der Waals surface area (Å²) < 4.78 is 10.5. The van der Waals surface area contributed by atoms with Gasteiger partial charge in [0.25, 0.3) is 0 Å². The van der Waals surface area contributed by atoms with Crippen molar-refractivity contribution >= 4 is 11.9 Å². The number of hydrogen-bond acceptors (Lipinski definition) is 4. The zero-order valence-electron chi connectivity index (χ0n) is 12.6. The Kier molecular flexibility index (Phi) is 5.31. The van der Waals surface area contributed by atoms with E-state index >= 15 is 0 Å². The van der Waals surface area contributed by atoms with E-state index in [2.05, 4.69) is 0 Å². The standard InChI is InChI=1S/C18H18O4/c1-3-13(2)21-16-11-7-10-15(12-16)18(20)22-17(19)14-8-5-4-6-9-14/h4-13H,3H2,1-2H3. The van der Waals surface area contributed by atoms with Gasteiger partial charge in [0.2, 0.25) is 0 Å². The van der Waals surface area contributed by atoms with E-state index in [4.69, 9.17) is 9.47 Å². The van der Waals surface area contributed by atoms with Gasteiger partial charge in [-0.1, -0.05) is 31.2 Å². The maximum atomic E-state index is 12.0. The van der Waals surface area contributed by atoms with Gasteiger partial charge in [-0.05, 0) is 43.7 Å². The predicted octanol–water partition coefficient (Wildman–Crippen LogP) is 3.86. The van der Waals surface area contributed by atoms with Gasteiger partial charge in [0.1, 0.15) is 5.75 Å². The minimum Gasteiger partial charge on any atom is -0.491 e. The summed E-state index contributed by atoms with van der Waals surface area (Å²) >= 11 is 0. The molecule has 0 bridgehead atoms. The van der Waals surface area contributed by atoms with E-state index in [1.807, 2.05) is 13.8 Å². The first-order valence-electron chi connectivity index (χ1n) is 7.18. The van der Waals surface area contributed by atoms with Gasteiger partial charge in [-0.15, -0.1) is 0 Å². The van der Waals surface area contributed by atoms with E-state index in [-0.39, 0.29) is 11.7 Å². The molecule has 0 aliphatic rings. The molecule has 2 rings (SSSR count). The second kappa shape index (κ2) is 7.41. The molecule has 1 atom stereocenters. The Bertz CT molecular complexity index is 649. The average Bonchev–Trinajstić information content (AvgIpc) is 2.55. The molecule has 4 heteroatoms. The molecule has 0 N–H and O–H groups in total. The third-order valence-corrected chi connectivity index (χ3v) is 3.18. The van der Waals surface area contributed by atoms with Crippen LogP contribution in [-0.2, 0) is 4.74 Å². The topological polar surface area (TPSA) is 52.6 Å². The van der Waals surface area contributed by atoms with Crippen molar-refractivity contribution in [1.82, 2.24) is 0 Å². The Morgan fingerprint density at radius 2 is 1.59 bits per heavy atom. The number of ether oxygens (including phenoxy) is 2. The first kappa shape index (κ1) is 15.8. The summed E-state index contributed by atoms with van der Waals surface area (Å²) in [6.45, 7) is 3.96. The van der Waals surface area contributed by atoms with Crippen molar-refractivity contribution in [2.75, 3.05) is 0 Å². The van der Waals surface area contributed by atoms with E-state index in [1.165, 1.54) is 0 Å². The molecule has 0 heterocycles. The van der Waals surface area contributed by atoms with Gasteiger partial charge in [-0.2, -0.15) is 0 Å². The molecule has 0 aliphatic heterocycles. The lowest BCUT2D eigenvalue weighted by molar-refractivity contribution is 0.0397. The summed E-state index contributed by atoms with van der Waals surface area (Å²) in [6, 6.07) is 15.0. The van der Waals surface area contributed by atoms with Crippen molar-refractivity contribution in [3.8, 4) is 5.75 Å². The fourth-order valence-corrected chi connectivity index (χ4v) is 1.79. The van der Waals surface area contributed by atoms with Gasteiger partial charge in [-0.25, -0.2) is 9.59 Å². The molecule has 0 radical (unpaired) electrons. The molecule has 1 unspecified atom stereocenters. The molecule has 0 aliphatic carbocycles. The Balaban J connectivity index is 2.06. The Morgan fingerprint density at radius 1 is 0.955 bits per heavy atom. The number of hydrogen-bond donors (Lipinski definition) is 0. The molecule has 0 aromatic heterocycles. The van der Waals surface area contributed by atoms with Gasteiger partial charge < -0.3 is 9.47 Å². The van der Waals surface area contributed by atoms with E-state index in [1.54, 1.807) is 54.6 Å². The monoisotopic (exact) mass is 298 g/mol. The second-order valence-corrected chi connectivity index (χ2v) is 4.91. The highest BCUT2D eigenvalue weighted by Crippen LogP contribution is 2.17. The van der Waals surface area contributed by atoms with Gasteiger partial charge >= 0.3 is 11.9 Å². The first-order chi connectivity index (χ1) is 10.6. The molecule has 0 saturated carbocycles. The van der Waals surface area contributed by atoms with Crippen LogP contribution in [0.2, 0.25) is 0 Å². The lowest BCUT2D eigenvalue weighted by atomic mass is 10.2. The molecule has 4 nitrogen and oxygen atoms in total. The Hall–Kier alpha value is -2.62. The lowest BCUT2D eigenvalue weighted by Gasteiger charge is -2.13. The number of carbonyl (C=O) groups excluding carboxylic acids is 2. The van der Waals surface area contributed by atoms with Crippen LogP contribution in [0.1, 0.15) is 41.0 Å². The third-order valence-electron chi connectivity index (χ3n) is 3.18. The molecule has 0 fully saturated rings. The van der Waals surface area contributed by atoms with E-state index < -0.39 is 11.9 Å². The highest BCUT2D eigenvalue weighted by atomic mass is 16.6. The van der Waals surface area contributed by atoms with Crippen LogP contribution in [0.4, 0.5) is 0 Å². The fourth-order valence-electron chi connectivity index (χ4n) is 1.79. The van der Waals surface area contributed by atoms with Crippen molar-refractivity contribution in [3.63, 3.8) is 0 Å². The number of rotatable bonds is 5. The summed E-state index contributed by atoms with van der Waals surface area (Å²) in [4.78, 5) is 23.9. The van der Waals surface area contributed by atoms with Crippen LogP contribution in [0.3, 0.4) is 0 Å². The summed E-state index contributed by atoms with van der Waals surface area (Å²) in [5.41, 5.74) is 0.618. The van der Waals surface area contributed by atoms with Crippen LogP contribution < -0.4 is 4.74 Å². The van der Waals surface area contributed by atoms with Crippen molar-refractivity contribution in [1.29, 1.82) is 0 Å². The molecule has 114 valence electrons. The average molecular weight is 298 g/mol. The van der Waals surface area contributed by atoms with Crippen LogP contribution >= 0.6 is 0 Å². The smallest absolute Gasteiger partial charge is 0.346 e. The largest absolute Gasteiger partial charge is 0.491 e. The van der Waals surface area contributed by atoms with E-state index in [9.17, 15) is 9.59 Å². The zero-order valence-corrected chi connectivity index (χ0v) is 12.6. The number of carbonyl (C=O) groups is 2. The summed E-state index contributed by atoms with van der Waals surface area (Å²) in [5, 5.41) is 0. The molecule has 2 aromatic rings. The third kappa shape index (κ3) is 4.19. The maximum absolute atomic E-state index is 12.0.